The van der Waals surface area contributed by atoms with Crippen LogP contribution < -0.4 is 0 Å². The van der Waals surface area contributed by atoms with Gasteiger partial charge in [-0.25, -0.2) is 0 Å². The van der Waals surface area contributed by atoms with Gasteiger partial charge >= 0.3 is 5.97 Å². The van der Waals surface area contributed by atoms with Crippen LogP contribution in [0.4, 0.5) is 0 Å². The Kier molecular flexibility index (Phi) is 6.69. The Hall–Kier alpha value is -2.19. The number of hydrogen-bond acceptors (Lipinski definition) is 6. The molecule has 4 rings (SSSR count). The molecule has 0 radical (unpaired) electrons. The maximum absolute atomic E-state index is 14.0. The van der Waals surface area contributed by atoms with Crippen LogP contribution in [0.1, 0.15) is 52.9 Å². The summed E-state index contributed by atoms with van der Waals surface area (Å²) in [7, 11) is 0. The average molecular weight is 461 g/mol. The summed E-state index contributed by atoms with van der Waals surface area (Å²) < 4.78 is 12.1. The van der Waals surface area contributed by atoms with Crippen LogP contribution in [0.25, 0.3) is 0 Å². The van der Waals surface area contributed by atoms with Crippen LogP contribution >= 0.6 is 0 Å². The van der Waals surface area contributed by atoms with Gasteiger partial charge in [-0.1, -0.05) is 24.3 Å². The van der Waals surface area contributed by atoms with Crippen molar-refractivity contribution in [2.24, 2.45) is 11.8 Å². The summed E-state index contributed by atoms with van der Waals surface area (Å²) in [4.78, 5) is 44.3. The Labute approximate surface area is 195 Å². The quantitative estimate of drug-likeness (QED) is 0.382. The summed E-state index contributed by atoms with van der Waals surface area (Å²) in [5.74, 6) is -2.40. The van der Waals surface area contributed by atoms with Crippen molar-refractivity contribution in [2.45, 2.75) is 76.2 Å². The highest BCUT2D eigenvalue weighted by Crippen LogP contribution is 2.53. The van der Waals surface area contributed by atoms with Crippen molar-refractivity contribution < 1.29 is 29.0 Å². The zero-order chi connectivity index (χ0) is 23.8. The Morgan fingerprint density at radius 3 is 2.64 bits per heavy atom. The molecule has 8 nitrogen and oxygen atoms in total. The number of fused-ring (bicyclic) bond motifs is 2. The fourth-order valence-electron chi connectivity index (χ4n) is 5.67. The number of carbonyl (C=O) groups is 3. The molecule has 5 atom stereocenters. The van der Waals surface area contributed by atoms with Crippen LogP contribution in [0.2, 0.25) is 0 Å². The third kappa shape index (κ3) is 4.12. The fourth-order valence-corrected chi connectivity index (χ4v) is 5.67. The lowest BCUT2D eigenvalue weighted by atomic mass is 9.78. The van der Waals surface area contributed by atoms with Gasteiger partial charge in [0, 0.05) is 25.2 Å². The number of esters is 1. The molecule has 1 N–H and O–H groups in total. The first-order valence-electron chi connectivity index (χ1n) is 12.1. The number of hydrogen-bond donors (Lipinski definition) is 1. The zero-order valence-electron chi connectivity index (χ0n) is 19.9. The lowest BCUT2D eigenvalue weighted by molar-refractivity contribution is -0.155. The summed E-state index contributed by atoms with van der Waals surface area (Å²) in [5.41, 5.74) is -1.64. The number of nitrogens with zero attached hydrogens (tertiary/aromatic N) is 2. The molecule has 4 aliphatic heterocycles. The summed E-state index contributed by atoms with van der Waals surface area (Å²) in [5, 5.41) is 9.13. The highest BCUT2D eigenvalue weighted by atomic mass is 16.6. The molecular formula is C25H36N2O6. The molecule has 2 saturated heterocycles. The number of unbranched alkanes of at least 4 members (excludes halogenated alkanes) is 2. The van der Waals surface area contributed by atoms with Gasteiger partial charge in [-0.15, -0.1) is 0 Å². The molecule has 0 aromatic rings. The van der Waals surface area contributed by atoms with Crippen molar-refractivity contribution >= 4 is 17.8 Å². The molecule has 1 spiro atoms. The second-order valence-electron chi connectivity index (χ2n) is 10.4. The Morgan fingerprint density at radius 2 is 1.91 bits per heavy atom. The van der Waals surface area contributed by atoms with E-state index in [0.717, 1.165) is 19.3 Å². The smallest absolute Gasteiger partial charge is 0.312 e. The molecular weight excluding hydrogens is 424 g/mol. The van der Waals surface area contributed by atoms with Crippen LogP contribution in [0, 0.1) is 11.8 Å². The Morgan fingerprint density at radius 1 is 1.12 bits per heavy atom. The number of ether oxygens (including phenoxy) is 2. The molecule has 4 heterocycles. The summed E-state index contributed by atoms with van der Waals surface area (Å²) >= 11 is 0. The van der Waals surface area contributed by atoms with Crippen LogP contribution in [0.3, 0.4) is 0 Å². The number of allylic oxidation sites excluding steroid dienone is 1. The van der Waals surface area contributed by atoms with E-state index in [1.54, 1.807) is 9.80 Å². The monoisotopic (exact) mass is 460 g/mol. The van der Waals surface area contributed by atoms with E-state index in [1.807, 2.05) is 45.1 Å². The molecule has 2 unspecified atom stereocenters. The second kappa shape index (κ2) is 9.22. The number of carbonyl (C=O) groups excluding carboxylic acids is 3. The van der Waals surface area contributed by atoms with E-state index >= 15 is 0 Å². The van der Waals surface area contributed by atoms with E-state index < -0.39 is 41.1 Å². The molecule has 8 heteroatoms. The highest BCUT2D eigenvalue weighted by Gasteiger charge is 2.71. The number of aliphatic hydroxyl groups excluding tert-OH is 1. The lowest BCUT2D eigenvalue weighted by Crippen LogP contribution is -2.58. The van der Waals surface area contributed by atoms with E-state index in [4.69, 9.17) is 14.6 Å². The summed E-state index contributed by atoms with van der Waals surface area (Å²) in [6, 6.07) is -0.834. The molecule has 33 heavy (non-hydrogen) atoms. The average Bonchev–Trinajstić information content (AvgIpc) is 3.15. The minimum Gasteiger partial charge on any atom is -0.465 e. The normalized spacial score (nSPS) is 35.2. The largest absolute Gasteiger partial charge is 0.465 e. The molecule has 0 aromatic heterocycles. The number of likely N-dealkylation sites (tertiary alicyclic amines) is 1. The maximum Gasteiger partial charge on any atom is 0.312 e. The van der Waals surface area contributed by atoms with E-state index in [9.17, 15) is 14.4 Å². The van der Waals surface area contributed by atoms with Crippen LogP contribution in [0.15, 0.2) is 24.3 Å². The first-order valence-corrected chi connectivity index (χ1v) is 12.1. The Balaban J connectivity index is 1.77. The zero-order valence-corrected chi connectivity index (χ0v) is 19.9. The van der Waals surface area contributed by atoms with E-state index in [0.29, 0.717) is 32.5 Å². The van der Waals surface area contributed by atoms with Gasteiger partial charge in [0.05, 0.1) is 18.6 Å². The molecule has 0 aromatic carbocycles. The van der Waals surface area contributed by atoms with Gasteiger partial charge in [-0.3, -0.25) is 14.4 Å². The third-order valence-corrected chi connectivity index (χ3v) is 7.22. The van der Waals surface area contributed by atoms with Crippen molar-refractivity contribution in [3.8, 4) is 0 Å². The molecule has 2 fully saturated rings. The van der Waals surface area contributed by atoms with Crippen molar-refractivity contribution in [2.75, 3.05) is 26.3 Å². The predicted molar refractivity (Wildman–Crippen MR) is 121 cm³/mol. The number of amides is 2. The van der Waals surface area contributed by atoms with Gasteiger partial charge in [0.2, 0.25) is 11.8 Å². The van der Waals surface area contributed by atoms with E-state index in [2.05, 4.69) is 0 Å². The lowest BCUT2D eigenvalue weighted by Gasteiger charge is -2.40. The highest BCUT2D eigenvalue weighted by molar-refractivity contribution is 5.99. The van der Waals surface area contributed by atoms with Crippen LogP contribution in [-0.4, -0.2) is 82.3 Å². The third-order valence-electron chi connectivity index (χ3n) is 7.22. The standard InChI is InChI=1S/C25H36N2O6/c1-24(2,3)27-14-10-12-25-19(18-17(33-25)11-6-4-9-16-32-23(18)31)21(29)26(20(25)22(27)30)13-7-5-8-15-28/h6,10-12,17-20,28H,4-5,7-9,13-16H2,1-3H3/b11-6-/t17-,18?,19+,20-,25?/m1/s1. The first kappa shape index (κ1) is 24.0. The summed E-state index contributed by atoms with van der Waals surface area (Å²) in [6.45, 7) is 7.12. The number of aliphatic hydroxyl groups is 1. The number of cyclic esters (lactones) is 1. The van der Waals surface area contributed by atoms with E-state index in [-0.39, 0.29) is 18.4 Å². The second-order valence-corrected chi connectivity index (χ2v) is 10.4. The molecule has 2 amide bonds. The van der Waals surface area contributed by atoms with Gasteiger partial charge in [0.1, 0.15) is 17.6 Å². The molecule has 182 valence electrons. The predicted octanol–water partition coefficient (Wildman–Crippen LogP) is 1.82. The summed E-state index contributed by atoms with van der Waals surface area (Å²) in [6.07, 6.45) is 10.5. The van der Waals surface area contributed by atoms with Gasteiger partial charge in [0.15, 0.2) is 0 Å². The fraction of sp³-hybridized carbons (Fsp3) is 0.720. The topological polar surface area (TPSA) is 96.4 Å². The van der Waals surface area contributed by atoms with Gasteiger partial charge < -0.3 is 24.4 Å². The molecule has 0 saturated carbocycles. The van der Waals surface area contributed by atoms with Gasteiger partial charge in [-0.2, -0.15) is 0 Å². The first-order chi connectivity index (χ1) is 15.7. The van der Waals surface area contributed by atoms with Gasteiger partial charge in [0.25, 0.3) is 0 Å². The van der Waals surface area contributed by atoms with Crippen LogP contribution in [0.5, 0.6) is 0 Å². The van der Waals surface area contributed by atoms with Crippen molar-refractivity contribution in [3.63, 3.8) is 0 Å². The number of rotatable bonds is 5. The SMILES string of the molecule is CC(C)(C)N1CC=CC23O[C@@H]4/C=C\CCCOC(=O)C4[C@H]2C(=O)N(CCCCCO)[C@@H]3C1=O. The van der Waals surface area contributed by atoms with Crippen molar-refractivity contribution in [3.05, 3.63) is 24.3 Å². The van der Waals surface area contributed by atoms with Crippen molar-refractivity contribution in [1.29, 1.82) is 0 Å². The van der Waals surface area contributed by atoms with Crippen molar-refractivity contribution in [1.82, 2.24) is 9.80 Å². The minimum absolute atomic E-state index is 0.0917. The molecule has 0 aliphatic carbocycles. The molecule has 0 bridgehead atoms. The maximum atomic E-state index is 14.0. The Bertz CT molecular complexity index is 846. The van der Waals surface area contributed by atoms with E-state index in [1.165, 1.54) is 0 Å². The minimum atomic E-state index is -1.21. The van der Waals surface area contributed by atoms with Crippen LogP contribution in [-0.2, 0) is 23.9 Å². The van der Waals surface area contributed by atoms with Gasteiger partial charge in [-0.05, 0) is 52.9 Å². The molecule has 4 aliphatic rings.